The lowest BCUT2D eigenvalue weighted by Crippen LogP contribution is -2.31. The van der Waals surface area contributed by atoms with Crippen LogP contribution in [-0.4, -0.2) is 57.1 Å². The number of hydrogen-bond donors (Lipinski definition) is 1. The molecule has 0 saturated carbocycles. The highest BCUT2D eigenvalue weighted by Crippen LogP contribution is 2.52. The van der Waals surface area contributed by atoms with Gasteiger partial charge < -0.3 is 19.1 Å². The zero-order chi connectivity index (χ0) is 31.8. The molecular weight excluding hydrogens is 592 g/mol. The van der Waals surface area contributed by atoms with E-state index in [-0.39, 0.29) is 5.91 Å². The predicted octanol–water partition coefficient (Wildman–Crippen LogP) is 6.32. The highest BCUT2D eigenvalue weighted by atomic mass is 32.2. The maximum absolute atomic E-state index is 12.8. The van der Waals surface area contributed by atoms with Crippen LogP contribution in [0.1, 0.15) is 49.2 Å². The van der Waals surface area contributed by atoms with Crippen molar-refractivity contribution in [3.63, 3.8) is 0 Å². The van der Waals surface area contributed by atoms with E-state index in [4.69, 9.17) is 23.5 Å². The lowest BCUT2D eigenvalue weighted by molar-refractivity contribution is -0.357. The number of nitrogens with one attached hydrogen (secondary N) is 1. The van der Waals surface area contributed by atoms with Crippen molar-refractivity contribution in [1.82, 2.24) is 10.5 Å². The van der Waals surface area contributed by atoms with Gasteiger partial charge in [0, 0.05) is 53.1 Å². The van der Waals surface area contributed by atoms with Crippen molar-refractivity contribution in [3.05, 3.63) is 89.1 Å². The SMILES string of the molecule is CCN(CC)OOSc1ccc(C(=O)N/N=C/C=C2\N(CC)c3ccc(OC)cc3C2(C)Cc2cccc3c2OCCO3)cc1. The first-order valence-corrected chi connectivity index (χ1v) is 15.9. The second-order valence-corrected chi connectivity index (χ2v) is 11.5. The summed E-state index contributed by atoms with van der Waals surface area (Å²) in [5.41, 5.74) is 7.04. The minimum atomic E-state index is -0.448. The van der Waals surface area contributed by atoms with Crippen LogP contribution in [0.4, 0.5) is 5.69 Å². The summed E-state index contributed by atoms with van der Waals surface area (Å²) in [5.74, 6) is 2.03. The monoisotopic (exact) mass is 632 g/mol. The number of fused-ring (bicyclic) bond motifs is 2. The Hall–Kier alpha value is -4.03. The first-order valence-electron chi connectivity index (χ1n) is 15.2. The molecule has 0 aliphatic carbocycles. The van der Waals surface area contributed by atoms with Crippen LogP contribution in [0, 0.1) is 0 Å². The number of carbonyl (C=O) groups is 1. The van der Waals surface area contributed by atoms with Crippen LogP contribution in [0.3, 0.4) is 0 Å². The van der Waals surface area contributed by atoms with Crippen LogP contribution < -0.4 is 24.5 Å². The molecule has 1 amide bonds. The molecule has 238 valence electrons. The number of nitrogens with zero attached hydrogens (tertiary/aromatic N) is 3. The summed E-state index contributed by atoms with van der Waals surface area (Å²) in [7, 11) is 1.68. The minimum absolute atomic E-state index is 0.316. The summed E-state index contributed by atoms with van der Waals surface area (Å²) in [6, 6.07) is 19.2. The average Bonchev–Trinajstić information content (AvgIpc) is 3.31. The molecule has 0 radical (unpaired) electrons. The molecule has 1 unspecified atom stereocenters. The normalized spacial score (nSPS) is 18.1. The molecule has 0 spiro atoms. The summed E-state index contributed by atoms with van der Waals surface area (Å²) in [6.45, 7) is 11.5. The fourth-order valence-corrected chi connectivity index (χ4v) is 6.14. The number of carbonyl (C=O) groups excluding carboxylic acids is 1. The summed E-state index contributed by atoms with van der Waals surface area (Å²) in [5, 5.41) is 5.96. The van der Waals surface area contributed by atoms with Gasteiger partial charge in [-0.1, -0.05) is 12.1 Å². The molecule has 2 aliphatic heterocycles. The number of benzene rings is 3. The molecule has 1 N–H and O–H groups in total. The third-order valence-corrected chi connectivity index (χ3v) is 8.61. The van der Waals surface area contributed by atoms with Crippen molar-refractivity contribution in [2.24, 2.45) is 5.10 Å². The number of anilines is 1. The Morgan fingerprint density at radius 1 is 1.09 bits per heavy atom. The van der Waals surface area contributed by atoms with Gasteiger partial charge in [-0.3, -0.25) is 4.79 Å². The zero-order valence-electron chi connectivity index (χ0n) is 26.4. The molecule has 5 rings (SSSR count). The number of hydrazone groups is 1. The molecule has 10 nitrogen and oxygen atoms in total. The molecule has 1 atom stereocenters. The van der Waals surface area contributed by atoms with E-state index in [0.717, 1.165) is 63.2 Å². The van der Waals surface area contributed by atoms with Crippen LogP contribution in [0.2, 0.25) is 0 Å². The van der Waals surface area contributed by atoms with Crippen LogP contribution in [0.5, 0.6) is 17.2 Å². The fourth-order valence-electron chi connectivity index (χ4n) is 5.70. The van der Waals surface area contributed by atoms with Crippen LogP contribution in [-0.2, 0) is 21.2 Å². The van der Waals surface area contributed by atoms with E-state index >= 15 is 0 Å². The molecule has 45 heavy (non-hydrogen) atoms. The van der Waals surface area contributed by atoms with Gasteiger partial charge >= 0.3 is 0 Å². The molecule has 3 aromatic rings. The quantitative estimate of drug-likeness (QED) is 0.101. The van der Waals surface area contributed by atoms with Crippen molar-refractivity contribution < 1.29 is 28.3 Å². The summed E-state index contributed by atoms with van der Waals surface area (Å²) >= 11 is 1.08. The first-order chi connectivity index (χ1) is 21.9. The molecule has 0 fully saturated rings. The van der Waals surface area contributed by atoms with Gasteiger partial charge in [-0.15, -0.1) is 9.32 Å². The Bertz CT molecular complexity index is 1540. The van der Waals surface area contributed by atoms with Gasteiger partial charge in [-0.2, -0.15) is 10.2 Å². The number of likely N-dealkylation sites (N-methyl/N-ethyl adjacent to an activating group) is 1. The topological polar surface area (TPSA) is 94.1 Å². The Labute approximate surface area is 269 Å². The second kappa shape index (κ2) is 14.8. The van der Waals surface area contributed by atoms with Crippen molar-refractivity contribution in [1.29, 1.82) is 0 Å². The molecule has 2 heterocycles. The summed E-state index contributed by atoms with van der Waals surface area (Å²) < 4.78 is 22.8. The number of rotatable bonds is 13. The minimum Gasteiger partial charge on any atom is -0.497 e. The smallest absolute Gasteiger partial charge is 0.271 e. The van der Waals surface area contributed by atoms with E-state index in [0.29, 0.717) is 38.3 Å². The third-order valence-electron chi connectivity index (χ3n) is 8.01. The van der Waals surface area contributed by atoms with Gasteiger partial charge in [-0.25, -0.2) is 5.43 Å². The van der Waals surface area contributed by atoms with Crippen molar-refractivity contribution in [2.45, 2.75) is 44.4 Å². The number of ether oxygens (including phenoxy) is 3. The standard InChI is InChI=1S/C34H40N4O6S/c1-6-37(7-2)43-44-45-27-15-12-24(13-16-27)33(39)36-35-19-18-31-34(4,23-25-10-9-11-30-32(25)42-21-20-41-30)28-22-26(40-5)14-17-29(28)38(31)8-3/h9-19,22H,6-8,20-21,23H2,1-5H3,(H,36,39)/b31-18-,35-19+. The Balaban J connectivity index is 1.34. The number of allylic oxidation sites excluding steroid dienone is 2. The Morgan fingerprint density at radius 3 is 2.60 bits per heavy atom. The van der Waals surface area contributed by atoms with Crippen LogP contribution in [0.25, 0.3) is 0 Å². The van der Waals surface area contributed by atoms with E-state index < -0.39 is 5.41 Å². The molecule has 0 bridgehead atoms. The third kappa shape index (κ3) is 7.12. The van der Waals surface area contributed by atoms with E-state index in [1.165, 1.54) is 0 Å². The largest absolute Gasteiger partial charge is 0.497 e. The first kappa shape index (κ1) is 32.4. The molecule has 0 saturated heterocycles. The second-order valence-electron chi connectivity index (χ2n) is 10.7. The van der Waals surface area contributed by atoms with Gasteiger partial charge in [0.15, 0.2) is 11.5 Å². The molecular formula is C34H40N4O6S. The van der Waals surface area contributed by atoms with Gasteiger partial charge in [0.2, 0.25) is 0 Å². The van der Waals surface area contributed by atoms with E-state index in [9.17, 15) is 4.79 Å². The molecule has 11 heteroatoms. The highest BCUT2D eigenvalue weighted by Gasteiger charge is 2.44. The lowest BCUT2D eigenvalue weighted by Gasteiger charge is -2.31. The summed E-state index contributed by atoms with van der Waals surface area (Å²) in [6.07, 6.45) is 4.27. The maximum atomic E-state index is 12.8. The van der Waals surface area contributed by atoms with Crippen LogP contribution in [0.15, 0.2) is 82.4 Å². The van der Waals surface area contributed by atoms with Gasteiger partial charge in [0.25, 0.3) is 5.91 Å². The molecule has 0 aromatic heterocycles. The number of hydrogen-bond acceptors (Lipinski definition) is 10. The van der Waals surface area contributed by atoms with E-state index in [1.807, 2.05) is 38.1 Å². The number of amides is 1. The predicted molar refractivity (Wildman–Crippen MR) is 176 cm³/mol. The van der Waals surface area contributed by atoms with Gasteiger partial charge in [-0.05, 0) is 99.8 Å². The molecule has 3 aromatic carbocycles. The number of methoxy groups -OCH3 is 1. The van der Waals surface area contributed by atoms with Crippen molar-refractivity contribution in [3.8, 4) is 17.2 Å². The number of para-hydroxylation sites is 1. The Morgan fingerprint density at radius 2 is 1.87 bits per heavy atom. The number of hydroxylamine groups is 2. The van der Waals surface area contributed by atoms with Gasteiger partial charge in [0.1, 0.15) is 19.0 Å². The maximum Gasteiger partial charge on any atom is 0.271 e. The Kier molecular flexibility index (Phi) is 10.7. The summed E-state index contributed by atoms with van der Waals surface area (Å²) in [4.78, 5) is 21.1. The van der Waals surface area contributed by atoms with Crippen LogP contribution >= 0.6 is 12.0 Å². The zero-order valence-corrected chi connectivity index (χ0v) is 27.2. The van der Waals surface area contributed by atoms with Crippen molar-refractivity contribution >= 4 is 29.9 Å². The fraction of sp³-hybridized carbons (Fsp3) is 0.353. The van der Waals surface area contributed by atoms with Gasteiger partial charge in [0.05, 0.1) is 19.2 Å². The highest BCUT2D eigenvalue weighted by molar-refractivity contribution is 7.94. The molecule has 2 aliphatic rings. The average molecular weight is 633 g/mol. The van der Waals surface area contributed by atoms with E-state index in [2.05, 4.69) is 47.5 Å². The van der Waals surface area contributed by atoms with Crippen molar-refractivity contribution in [2.75, 3.05) is 44.9 Å². The van der Waals surface area contributed by atoms with E-state index in [1.54, 1.807) is 42.7 Å². The lowest BCUT2D eigenvalue weighted by atomic mass is 9.76.